The number of oxime groups is 1. The van der Waals surface area contributed by atoms with Crippen LogP contribution in [0.1, 0.15) is 39.5 Å². The lowest BCUT2D eigenvalue weighted by Gasteiger charge is -2.26. The maximum Gasteiger partial charge on any atom is 0.156 e. The van der Waals surface area contributed by atoms with Gasteiger partial charge in [0.2, 0.25) is 0 Å². The summed E-state index contributed by atoms with van der Waals surface area (Å²) in [7, 11) is 0. The van der Waals surface area contributed by atoms with Gasteiger partial charge in [-0.25, -0.2) is 0 Å². The molecule has 1 rings (SSSR count). The lowest BCUT2D eigenvalue weighted by Crippen LogP contribution is -2.42. The Hall–Kier alpha value is -0.770. The number of hydrogen-bond donors (Lipinski definition) is 2. The average molecular weight is 213 g/mol. The van der Waals surface area contributed by atoms with Crippen LogP contribution >= 0.6 is 0 Å². The van der Waals surface area contributed by atoms with Gasteiger partial charge in [0.25, 0.3) is 0 Å². The number of nitrogens with two attached hydrogens (primary N) is 1. The number of amidine groups is 1. The highest BCUT2D eigenvalue weighted by molar-refractivity contribution is 5.85. The van der Waals surface area contributed by atoms with Gasteiger partial charge in [0.05, 0.1) is 6.04 Å². The monoisotopic (exact) mass is 213 g/mol. The van der Waals surface area contributed by atoms with Gasteiger partial charge in [-0.1, -0.05) is 25.4 Å². The van der Waals surface area contributed by atoms with Gasteiger partial charge < -0.3 is 10.9 Å². The second kappa shape index (κ2) is 5.95. The van der Waals surface area contributed by atoms with Gasteiger partial charge in [0.15, 0.2) is 5.84 Å². The van der Waals surface area contributed by atoms with E-state index in [0.29, 0.717) is 11.8 Å². The summed E-state index contributed by atoms with van der Waals surface area (Å²) in [6.07, 6.45) is 4.65. The fourth-order valence-electron chi connectivity index (χ4n) is 2.43. The van der Waals surface area contributed by atoms with Gasteiger partial charge >= 0.3 is 0 Å². The molecule has 1 aliphatic rings. The molecule has 0 aromatic rings. The molecular formula is C11H23N3O. The number of nitrogens with zero attached hydrogens (tertiary/aromatic N) is 2. The Morgan fingerprint density at radius 2 is 2.40 bits per heavy atom. The van der Waals surface area contributed by atoms with Crippen LogP contribution in [-0.4, -0.2) is 35.1 Å². The Morgan fingerprint density at radius 1 is 1.67 bits per heavy atom. The van der Waals surface area contributed by atoms with Gasteiger partial charge in [0.1, 0.15) is 0 Å². The minimum absolute atomic E-state index is 0.161. The van der Waals surface area contributed by atoms with Gasteiger partial charge in [-0.15, -0.1) is 0 Å². The third kappa shape index (κ3) is 3.38. The van der Waals surface area contributed by atoms with Crippen LogP contribution in [-0.2, 0) is 0 Å². The molecule has 0 saturated carbocycles. The molecule has 4 heteroatoms. The van der Waals surface area contributed by atoms with E-state index in [0.717, 1.165) is 25.9 Å². The summed E-state index contributed by atoms with van der Waals surface area (Å²) in [5.74, 6) is 1.07. The Morgan fingerprint density at radius 3 is 3.00 bits per heavy atom. The van der Waals surface area contributed by atoms with Gasteiger partial charge in [-0.3, -0.25) is 4.90 Å². The van der Waals surface area contributed by atoms with E-state index in [9.17, 15) is 0 Å². The smallest absolute Gasteiger partial charge is 0.156 e. The van der Waals surface area contributed by atoms with E-state index < -0.39 is 0 Å². The predicted molar refractivity (Wildman–Crippen MR) is 62.1 cm³/mol. The highest BCUT2D eigenvalue weighted by Gasteiger charge is 2.28. The molecule has 0 bridgehead atoms. The third-order valence-corrected chi connectivity index (χ3v) is 3.15. The van der Waals surface area contributed by atoms with E-state index in [-0.39, 0.29) is 6.04 Å². The topological polar surface area (TPSA) is 61.8 Å². The first-order chi connectivity index (χ1) is 7.19. The normalized spacial score (nSPS) is 25.7. The summed E-state index contributed by atoms with van der Waals surface area (Å²) in [4.78, 5) is 2.34. The van der Waals surface area contributed by atoms with Crippen molar-refractivity contribution < 1.29 is 5.21 Å². The van der Waals surface area contributed by atoms with Crippen LogP contribution in [0.25, 0.3) is 0 Å². The number of hydrogen-bond acceptors (Lipinski definition) is 3. The molecule has 15 heavy (non-hydrogen) atoms. The molecule has 1 aliphatic heterocycles. The Kier molecular flexibility index (Phi) is 4.88. The summed E-state index contributed by atoms with van der Waals surface area (Å²) in [6, 6.07) is 0.161. The maximum absolute atomic E-state index is 8.69. The zero-order chi connectivity index (χ0) is 11.3. The van der Waals surface area contributed by atoms with Crippen LogP contribution in [0.3, 0.4) is 0 Å². The molecule has 2 unspecified atom stereocenters. The molecule has 0 spiro atoms. The van der Waals surface area contributed by atoms with Crippen LogP contribution in [0.4, 0.5) is 0 Å². The molecule has 2 atom stereocenters. The van der Waals surface area contributed by atoms with Gasteiger partial charge in [-0.2, -0.15) is 0 Å². The van der Waals surface area contributed by atoms with Crippen molar-refractivity contribution in [3.63, 3.8) is 0 Å². The quantitative estimate of drug-likeness (QED) is 0.316. The first-order valence-corrected chi connectivity index (χ1v) is 5.90. The van der Waals surface area contributed by atoms with Crippen molar-refractivity contribution in [2.24, 2.45) is 16.8 Å². The highest BCUT2D eigenvalue weighted by Crippen LogP contribution is 2.20. The molecule has 0 aromatic carbocycles. The standard InChI is InChI=1S/C11H23N3O/c1-3-5-9(2)8-14-7-4-6-10(14)11(12)13-15/h9-10,15H,3-8H2,1-2H3,(H2,12,13). The van der Waals surface area contributed by atoms with E-state index in [1.54, 1.807) is 0 Å². The molecule has 1 heterocycles. The Bertz CT molecular complexity index is 218. The second-order valence-corrected chi connectivity index (χ2v) is 4.57. The lowest BCUT2D eigenvalue weighted by molar-refractivity contribution is 0.243. The minimum atomic E-state index is 0.161. The third-order valence-electron chi connectivity index (χ3n) is 3.15. The van der Waals surface area contributed by atoms with Crippen LogP contribution in [0.2, 0.25) is 0 Å². The van der Waals surface area contributed by atoms with Crippen LogP contribution in [0, 0.1) is 5.92 Å². The molecule has 0 radical (unpaired) electrons. The van der Waals surface area contributed by atoms with E-state index in [1.165, 1.54) is 12.8 Å². The summed E-state index contributed by atoms with van der Waals surface area (Å²) in [6.45, 7) is 6.62. The maximum atomic E-state index is 8.69. The minimum Gasteiger partial charge on any atom is -0.409 e. The van der Waals surface area contributed by atoms with Crippen LogP contribution in [0.5, 0.6) is 0 Å². The van der Waals surface area contributed by atoms with Crippen LogP contribution in [0.15, 0.2) is 5.16 Å². The molecule has 4 nitrogen and oxygen atoms in total. The zero-order valence-corrected chi connectivity index (χ0v) is 9.82. The highest BCUT2D eigenvalue weighted by atomic mass is 16.4. The summed E-state index contributed by atoms with van der Waals surface area (Å²) in [5.41, 5.74) is 5.68. The van der Waals surface area contributed by atoms with E-state index in [2.05, 4.69) is 23.9 Å². The Balaban J connectivity index is 2.46. The van der Waals surface area contributed by atoms with Crippen molar-refractivity contribution in [2.75, 3.05) is 13.1 Å². The SMILES string of the molecule is CCCC(C)CN1CCCC1C(N)=NO. The summed E-state index contributed by atoms with van der Waals surface area (Å²) < 4.78 is 0. The van der Waals surface area contributed by atoms with Crippen molar-refractivity contribution in [1.82, 2.24) is 4.90 Å². The molecule has 88 valence electrons. The van der Waals surface area contributed by atoms with E-state index >= 15 is 0 Å². The predicted octanol–water partition coefficient (Wildman–Crippen LogP) is 1.63. The first kappa shape index (κ1) is 12.3. The molecule has 0 amide bonds. The average Bonchev–Trinajstić information content (AvgIpc) is 2.65. The molecule has 1 fully saturated rings. The first-order valence-electron chi connectivity index (χ1n) is 5.90. The molecule has 0 aromatic heterocycles. The van der Waals surface area contributed by atoms with Crippen molar-refractivity contribution >= 4 is 5.84 Å². The molecular weight excluding hydrogens is 190 g/mol. The summed E-state index contributed by atoms with van der Waals surface area (Å²) in [5, 5.41) is 11.8. The molecule has 1 saturated heterocycles. The second-order valence-electron chi connectivity index (χ2n) is 4.57. The zero-order valence-electron chi connectivity index (χ0n) is 9.82. The van der Waals surface area contributed by atoms with Crippen molar-refractivity contribution in [2.45, 2.75) is 45.6 Å². The van der Waals surface area contributed by atoms with Crippen molar-refractivity contribution in [3.05, 3.63) is 0 Å². The largest absolute Gasteiger partial charge is 0.409 e. The molecule has 0 aliphatic carbocycles. The fraction of sp³-hybridized carbons (Fsp3) is 0.909. The van der Waals surface area contributed by atoms with Crippen LogP contribution < -0.4 is 5.73 Å². The fourth-order valence-corrected chi connectivity index (χ4v) is 2.43. The Labute approximate surface area is 92.1 Å². The van der Waals surface area contributed by atoms with Crippen molar-refractivity contribution in [1.29, 1.82) is 0 Å². The van der Waals surface area contributed by atoms with E-state index in [1.807, 2.05) is 0 Å². The van der Waals surface area contributed by atoms with E-state index in [4.69, 9.17) is 10.9 Å². The summed E-state index contributed by atoms with van der Waals surface area (Å²) >= 11 is 0. The molecule has 3 N–H and O–H groups in total. The van der Waals surface area contributed by atoms with Crippen molar-refractivity contribution in [3.8, 4) is 0 Å². The number of rotatable bonds is 5. The van der Waals surface area contributed by atoms with Gasteiger partial charge in [-0.05, 0) is 31.7 Å². The lowest BCUT2D eigenvalue weighted by atomic mass is 10.1. The van der Waals surface area contributed by atoms with Gasteiger partial charge in [0, 0.05) is 6.54 Å². The number of likely N-dealkylation sites (tertiary alicyclic amines) is 1.